The number of rotatable bonds is 3. The minimum atomic E-state index is -3.62. The molecule has 2 rings (SSSR count). The zero-order valence-corrected chi connectivity index (χ0v) is 12.3. The Hall–Kier alpha value is -1.40. The second-order valence-corrected chi connectivity index (χ2v) is 6.92. The lowest BCUT2D eigenvalue weighted by Gasteiger charge is -2.29. The Morgan fingerprint density at radius 1 is 1.15 bits per heavy atom. The lowest BCUT2D eigenvalue weighted by atomic mass is 9.82. The molecule has 3 N–H and O–H groups in total. The quantitative estimate of drug-likeness (QED) is 0.885. The molecule has 0 spiro atoms. The van der Waals surface area contributed by atoms with Gasteiger partial charge >= 0.3 is 0 Å². The van der Waals surface area contributed by atoms with E-state index in [2.05, 4.69) is 5.32 Å². The number of hydrogen-bond acceptors (Lipinski definition) is 3. The number of amides is 1. The average Bonchev–Trinajstić information content (AvgIpc) is 2.38. The standard InChI is InChI=1S/C14H20N2O3S/c1-10(17)16-13-6-2-11(3-7-13)12-4-8-14(9-5-12)20(15,18)19/h4-5,8-9,11,13H,2-3,6-7H2,1H3,(H,16,17)(H2,15,18,19). The van der Waals surface area contributed by atoms with E-state index in [0.717, 1.165) is 31.2 Å². The second kappa shape index (κ2) is 5.93. The number of benzene rings is 1. The maximum Gasteiger partial charge on any atom is 0.238 e. The number of hydrogen-bond donors (Lipinski definition) is 2. The van der Waals surface area contributed by atoms with Crippen molar-refractivity contribution in [2.45, 2.75) is 49.5 Å². The number of nitrogens with two attached hydrogens (primary N) is 1. The summed E-state index contributed by atoms with van der Waals surface area (Å²) in [6, 6.07) is 7.06. The van der Waals surface area contributed by atoms with Gasteiger partial charge in [-0.15, -0.1) is 0 Å². The van der Waals surface area contributed by atoms with Crippen molar-refractivity contribution >= 4 is 15.9 Å². The molecule has 0 saturated heterocycles. The van der Waals surface area contributed by atoms with Crippen molar-refractivity contribution in [3.8, 4) is 0 Å². The predicted molar refractivity (Wildman–Crippen MR) is 76.6 cm³/mol. The predicted octanol–water partition coefficient (Wildman–Crippen LogP) is 1.50. The van der Waals surface area contributed by atoms with Crippen molar-refractivity contribution in [1.82, 2.24) is 5.32 Å². The first-order valence-corrected chi connectivity index (χ1v) is 8.31. The monoisotopic (exact) mass is 296 g/mol. The van der Waals surface area contributed by atoms with Gasteiger partial charge in [-0.2, -0.15) is 0 Å². The maximum atomic E-state index is 11.2. The molecule has 1 amide bonds. The second-order valence-electron chi connectivity index (χ2n) is 5.36. The normalized spacial score (nSPS) is 23.3. The summed E-state index contributed by atoms with van der Waals surface area (Å²) in [7, 11) is -3.62. The largest absolute Gasteiger partial charge is 0.354 e. The molecular weight excluding hydrogens is 276 g/mol. The lowest BCUT2D eigenvalue weighted by molar-refractivity contribution is -0.119. The molecule has 0 aromatic heterocycles. The molecule has 1 aromatic rings. The van der Waals surface area contributed by atoms with Crippen molar-refractivity contribution in [3.63, 3.8) is 0 Å². The highest BCUT2D eigenvalue weighted by Crippen LogP contribution is 2.33. The van der Waals surface area contributed by atoms with E-state index in [4.69, 9.17) is 5.14 Å². The Labute approximate surface area is 119 Å². The molecule has 1 fully saturated rings. The van der Waals surface area contributed by atoms with E-state index >= 15 is 0 Å². The van der Waals surface area contributed by atoms with Crippen LogP contribution in [-0.4, -0.2) is 20.4 Å². The molecule has 0 heterocycles. The third-order valence-electron chi connectivity index (χ3n) is 3.81. The Morgan fingerprint density at radius 3 is 2.15 bits per heavy atom. The summed E-state index contributed by atoms with van der Waals surface area (Å²) < 4.78 is 22.4. The van der Waals surface area contributed by atoms with Crippen LogP contribution in [0.2, 0.25) is 0 Å². The molecule has 0 unspecified atom stereocenters. The fraction of sp³-hybridized carbons (Fsp3) is 0.500. The van der Waals surface area contributed by atoms with E-state index in [1.165, 1.54) is 6.92 Å². The van der Waals surface area contributed by atoms with Crippen LogP contribution in [0.1, 0.15) is 44.1 Å². The van der Waals surface area contributed by atoms with Gasteiger partial charge in [0.2, 0.25) is 15.9 Å². The van der Waals surface area contributed by atoms with E-state index in [1.807, 2.05) is 12.1 Å². The highest BCUT2D eigenvalue weighted by Gasteiger charge is 2.23. The van der Waals surface area contributed by atoms with Gasteiger partial charge < -0.3 is 5.32 Å². The average molecular weight is 296 g/mol. The highest BCUT2D eigenvalue weighted by molar-refractivity contribution is 7.89. The first kappa shape index (κ1) is 15.0. The van der Waals surface area contributed by atoms with Crippen LogP contribution >= 0.6 is 0 Å². The molecule has 110 valence electrons. The molecule has 0 atom stereocenters. The van der Waals surface area contributed by atoms with Crippen LogP contribution in [-0.2, 0) is 14.8 Å². The number of carbonyl (C=O) groups excluding carboxylic acids is 1. The van der Waals surface area contributed by atoms with E-state index in [-0.39, 0.29) is 16.8 Å². The summed E-state index contributed by atoms with van der Waals surface area (Å²) in [6.07, 6.45) is 3.92. The zero-order valence-electron chi connectivity index (χ0n) is 11.5. The van der Waals surface area contributed by atoms with Crippen molar-refractivity contribution in [2.24, 2.45) is 5.14 Å². The van der Waals surface area contributed by atoms with Crippen LogP contribution < -0.4 is 10.5 Å². The minimum absolute atomic E-state index is 0.0194. The molecule has 5 nitrogen and oxygen atoms in total. The van der Waals surface area contributed by atoms with Crippen molar-refractivity contribution in [1.29, 1.82) is 0 Å². The molecule has 1 aliphatic carbocycles. The van der Waals surface area contributed by atoms with Gasteiger partial charge in [0.15, 0.2) is 0 Å². The molecule has 1 aliphatic rings. The van der Waals surface area contributed by atoms with E-state index < -0.39 is 10.0 Å². The topological polar surface area (TPSA) is 89.3 Å². The first-order valence-electron chi connectivity index (χ1n) is 6.76. The number of carbonyl (C=O) groups is 1. The van der Waals surface area contributed by atoms with Gasteiger partial charge in [-0.1, -0.05) is 12.1 Å². The van der Waals surface area contributed by atoms with Crippen LogP contribution in [0, 0.1) is 0 Å². The third kappa shape index (κ3) is 3.80. The molecule has 1 aromatic carbocycles. The summed E-state index contributed by atoms with van der Waals surface area (Å²) >= 11 is 0. The Morgan fingerprint density at radius 2 is 1.70 bits per heavy atom. The van der Waals surface area contributed by atoms with Crippen LogP contribution in [0.3, 0.4) is 0 Å². The highest BCUT2D eigenvalue weighted by atomic mass is 32.2. The van der Waals surface area contributed by atoms with Crippen LogP contribution in [0.4, 0.5) is 0 Å². The smallest absolute Gasteiger partial charge is 0.238 e. The fourth-order valence-corrected chi connectivity index (χ4v) is 3.30. The third-order valence-corrected chi connectivity index (χ3v) is 4.74. The molecule has 0 aliphatic heterocycles. The van der Waals surface area contributed by atoms with Gasteiger partial charge in [-0.3, -0.25) is 4.79 Å². The van der Waals surface area contributed by atoms with Crippen molar-refractivity contribution < 1.29 is 13.2 Å². The Kier molecular flexibility index (Phi) is 4.45. The molecule has 1 saturated carbocycles. The van der Waals surface area contributed by atoms with Gasteiger partial charge in [-0.25, -0.2) is 13.6 Å². The Balaban J connectivity index is 1.99. The molecule has 0 radical (unpaired) electrons. The SMILES string of the molecule is CC(=O)NC1CCC(c2ccc(S(N)(=O)=O)cc2)CC1. The van der Waals surface area contributed by atoms with Crippen LogP contribution in [0.5, 0.6) is 0 Å². The van der Waals surface area contributed by atoms with Crippen molar-refractivity contribution in [3.05, 3.63) is 29.8 Å². The molecule has 0 bridgehead atoms. The van der Waals surface area contributed by atoms with Crippen molar-refractivity contribution in [2.75, 3.05) is 0 Å². The molecule has 6 heteroatoms. The van der Waals surface area contributed by atoms with Gasteiger partial charge in [0.25, 0.3) is 0 Å². The number of primary sulfonamides is 1. The first-order chi connectivity index (χ1) is 9.36. The molecule has 20 heavy (non-hydrogen) atoms. The number of nitrogens with one attached hydrogen (secondary N) is 1. The van der Waals surface area contributed by atoms with Gasteiger partial charge in [0, 0.05) is 13.0 Å². The summed E-state index contributed by atoms with van der Waals surface area (Å²) in [5, 5.41) is 8.03. The van der Waals surface area contributed by atoms with E-state index in [9.17, 15) is 13.2 Å². The fourth-order valence-electron chi connectivity index (χ4n) is 2.79. The number of sulfonamides is 1. The Bertz CT molecular complexity index is 573. The van der Waals surface area contributed by atoms with Gasteiger partial charge in [0.1, 0.15) is 0 Å². The maximum absolute atomic E-state index is 11.2. The van der Waals surface area contributed by atoms with Crippen LogP contribution in [0.15, 0.2) is 29.2 Å². The summed E-state index contributed by atoms with van der Waals surface area (Å²) in [5.41, 5.74) is 1.14. The van der Waals surface area contributed by atoms with E-state index in [1.54, 1.807) is 12.1 Å². The van der Waals surface area contributed by atoms with Gasteiger partial charge in [-0.05, 0) is 49.3 Å². The summed E-state index contributed by atoms with van der Waals surface area (Å²) in [6.45, 7) is 1.54. The van der Waals surface area contributed by atoms with Crippen LogP contribution in [0.25, 0.3) is 0 Å². The lowest BCUT2D eigenvalue weighted by Crippen LogP contribution is -2.35. The molecular formula is C14H20N2O3S. The van der Waals surface area contributed by atoms with E-state index in [0.29, 0.717) is 5.92 Å². The minimum Gasteiger partial charge on any atom is -0.354 e. The van der Waals surface area contributed by atoms with Gasteiger partial charge in [0.05, 0.1) is 4.90 Å². The summed E-state index contributed by atoms with van der Waals surface area (Å²) in [4.78, 5) is 11.2. The summed E-state index contributed by atoms with van der Waals surface area (Å²) in [5.74, 6) is 0.445. The zero-order chi connectivity index (χ0) is 14.8.